The van der Waals surface area contributed by atoms with Gasteiger partial charge in [0.2, 0.25) is 0 Å². The molecule has 2 atom stereocenters. The second-order valence-electron chi connectivity index (χ2n) is 4.62. The van der Waals surface area contributed by atoms with Crippen LogP contribution in [0.1, 0.15) is 22.7 Å². The normalized spacial score (nSPS) is 14.8. The summed E-state index contributed by atoms with van der Waals surface area (Å²) in [5.74, 6) is 0. The van der Waals surface area contributed by atoms with Crippen LogP contribution in [0.4, 0.5) is 0 Å². The Balaban J connectivity index is 2.15. The van der Waals surface area contributed by atoms with Crippen molar-refractivity contribution in [3.05, 3.63) is 41.6 Å². The van der Waals surface area contributed by atoms with Crippen LogP contribution in [-0.2, 0) is 6.54 Å². The zero-order valence-corrected chi connectivity index (χ0v) is 15.6. The first kappa shape index (κ1) is 15.7. The van der Waals surface area contributed by atoms with Crippen molar-refractivity contribution in [1.29, 1.82) is 0 Å². The van der Waals surface area contributed by atoms with Gasteiger partial charge in [0.15, 0.2) is 0 Å². The molecule has 0 saturated carbocycles. The van der Waals surface area contributed by atoms with Gasteiger partial charge in [-0.2, -0.15) is 0 Å². The van der Waals surface area contributed by atoms with E-state index in [0.717, 1.165) is 15.5 Å². The van der Waals surface area contributed by atoms with Crippen molar-refractivity contribution in [2.75, 3.05) is 7.05 Å². The summed E-state index contributed by atoms with van der Waals surface area (Å²) in [5.41, 5.74) is 6.18. The predicted molar refractivity (Wildman–Crippen MR) is 91.9 cm³/mol. The first-order valence-corrected chi connectivity index (χ1v) is 9.24. The van der Waals surface area contributed by atoms with Gasteiger partial charge in [0, 0.05) is 42.0 Å². The topological polar surface area (TPSA) is 29.3 Å². The molecule has 2 rings (SSSR count). The number of halogens is 2. The molecule has 0 aliphatic rings. The number of hydrogen-bond donors (Lipinski definition) is 1. The molecule has 2 nitrogen and oxygen atoms in total. The average molecular weight is 424 g/mol. The molecule has 0 aliphatic heterocycles. The van der Waals surface area contributed by atoms with Gasteiger partial charge in [-0.05, 0) is 58.0 Å². The SMILES string of the molecule is CC(N)C(c1cc(Br)cs1)N(C)Cc1cc(Br)cs1. The molecule has 0 fully saturated rings. The summed E-state index contributed by atoms with van der Waals surface area (Å²) in [5, 5.41) is 4.23. The summed E-state index contributed by atoms with van der Waals surface area (Å²) < 4.78 is 2.28. The highest BCUT2D eigenvalue weighted by molar-refractivity contribution is 9.10. The fourth-order valence-electron chi connectivity index (χ4n) is 2.14. The molecular formula is C13H16Br2N2S2. The van der Waals surface area contributed by atoms with Crippen LogP contribution in [0.5, 0.6) is 0 Å². The molecule has 19 heavy (non-hydrogen) atoms. The van der Waals surface area contributed by atoms with Gasteiger partial charge in [0.05, 0.1) is 6.04 Å². The number of likely N-dealkylation sites (N-methyl/N-ethyl adjacent to an activating group) is 1. The van der Waals surface area contributed by atoms with Crippen LogP contribution in [0.25, 0.3) is 0 Å². The van der Waals surface area contributed by atoms with Crippen molar-refractivity contribution in [2.24, 2.45) is 5.73 Å². The molecule has 2 aromatic heterocycles. The number of nitrogens with two attached hydrogens (primary N) is 1. The van der Waals surface area contributed by atoms with E-state index < -0.39 is 0 Å². The zero-order valence-electron chi connectivity index (χ0n) is 10.8. The maximum Gasteiger partial charge on any atom is 0.0591 e. The lowest BCUT2D eigenvalue weighted by Crippen LogP contribution is -2.36. The Morgan fingerprint density at radius 2 is 1.84 bits per heavy atom. The van der Waals surface area contributed by atoms with Crippen LogP contribution in [0.15, 0.2) is 31.8 Å². The lowest BCUT2D eigenvalue weighted by atomic mass is 10.1. The van der Waals surface area contributed by atoms with Crippen LogP contribution in [0, 0.1) is 0 Å². The molecule has 0 bridgehead atoms. The monoisotopic (exact) mass is 422 g/mol. The lowest BCUT2D eigenvalue weighted by Gasteiger charge is -2.29. The Morgan fingerprint density at radius 3 is 2.32 bits per heavy atom. The molecule has 0 radical (unpaired) electrons. The van der Waals surface area contributed by atoms with Gasteiger partial charge in [0.25, 0.3) is 0 Å². The maximum absolute atomic E-state index is 6.18. The highest BCUT2D eigenvalue weighted by Gasteiger charge is 2.23. The van der Waals surface area contributed by atoms with E-state index in [4.69, 9.17) is 5.73 Å². The molecule has 2 unspecified atom stereocenters. The van der Waals surface area contributed by atoms with Crippen LogP contribution in [0.3, 0.4) is 0 Å². The van der Waals surface area contributed by atoms with E-state index in [1.54, 1.807) is 22.7 Å². The van der Waals surface area contributed by atoms with E-state index in [0.29, 0.717) is 0 Å². The van der Waals surface area contributed by atoms with Gasteiger partial charge in [-0.25, -0.2) is 0 Å². The Bertz CT molecular complexity index is 536. The maximum atomic E-state index is 6.18. The molecule has 2 heterocycles. The van der Waals surface area contributed by atoms with Gasteiger partial charge in [-0.15, -0.1) is 22.7 Å². The van der Waals surface area contributed by atoms with Crippen molar-refractivity contribution < 1.29 is 0 Å². The van der Waals surface area contributed by atoms with Gasteiger partial charge < -0.3 is 5.73 Å². The third kappa shape index (κ3) is 4.12. The number of nitrogens with zero attached hydrogens (tertiary/aromatic N) is 1. The molecular weight excluding hydrogens is 408 g/mol. The highest BCUT2D eigenvalue weighted by Crippen LogP contribution is 2.32. The summed E-state index contributed by atoms with van der Waals surface area (Å²) >= 11 is 10.5. The zero-order chi connectivity index (χ0) is 14.0. The van der Waals surface area contributed by atoms with Crippen LogP contribution in [0.2, 0.25) is 0 Å². The Kier molecular flexibility index (Phi) is 5.63. The quantitative estimate of drug-likeness (QED) is 0.744. The Morgan fingerprint density at radius 1 is 1.21 bits per heavy atom. The standard InChI is InChI=1S/C13H16Br2N2S2/c1-8(16)13(12-4-10(15)7-19-12)17(2)5-11-3-9(14)6-18-11/h3-4,6-8,13H,5,16H2,1-2H3. The van der Waals surface area contributed by atoms with Crippen molar-refractivity contribution >= 4 is 54.5 Å². The van der Waals surface area contributed by atoms with E-state index in [1.807, 2.05) is 0 Å². The third-order valence-corrected chi connectivity index (χ3v) is 6.33. The highest BCUT2D eigenvalue weighted by atomic mass is 79.9. The summed E-state index contributed by atoms with van der Waals surface area (Å²) in [4.78, 5) is 4.97. The van der Waals surface area contributed by atoms with E-state index in [2.05, 4.69) is 73.6 Å². The third-order valence-electron chi connectivity index (χ3n) is 2.88. The smallest absolute Gasteiger partial charge is 0.0591 e. The van der Waals surface area contributed by atoms with E-state index >= 15 is 0 Å². The number of thiophene rings is 2. The lowest BCUT2D eigenvalue weighted by molar-refractivity contribution is 0.216. The number of hydrogen-bond acceptors (Lipinski definition) is 4. The van der Waals surface area contributed by atoms with Gasteiger partial charge in [0.1, 0.15) is 0 Å². The largest absolute Gasteiger partial charge is 0.326 e. The fraction of sp³-hybridized carbons (Fsp3) is 0.385. The second kappa shape index (κ2) is 6.83. The summed E-state index contributed by atoms with van der Waals surface area (Å²) in [7, 11) is 2.13. The minimum atomic E-state index is 0.0963. The molecule has 104 valence electrons. The van der Waals surface area contributed by atoms with Crippen LogP contribution < -0.4 is 5.73 Å². The average Bonchev–Trinajstić information content (AvgIpc) is 2.88. The van der Waals surface area contributed by atoms with Crippen molar-refractivity contribution in [3.8, 4) is 0 Å². The van der Waals surface area contributed by atoms with Crippen LogP contribution in [-0.4, -0.2) is 18.0 Å². The summed E-state index contributed by atoms with van der Waals surface area (Å²) in [6.45, 7) is 2.98. The van der Waals surface area contributed by atoms with Gasteiger partial charge >= 0.3 is 0 Å². The van der Waals surface area contributed by atoms with Crippen molar-refractivity contribution in [1.82, 2.24) is 4.90 Å². The van der Waals surface area contributed by atoms with Gasteiger partial charge in [-0.3, -0.25) is 4.90 Å². The molecule has 2 aromatic rings. The van der Waals surface area contributed by atoms with E-state index in [-0.39, 0.29) is 12.1 Å². The molecule has 0 aliphatic carbocycles. The molecule has 0 saturated heterocycles. The van der Waals surface area contributed by atoms with E-state index in [1.165, 1.54) is 9.75 Å². The second-order valence-corrected chi connectivity index (χ2v) is 8.39. The first-order valence-electron chi connectivity index (χ1n) is 5.90. The predicted octanol–water partition coefficient (Wildman–Crippen LogP) is 4.85. The van der Waals surface area contributed by atoms with E-state index in [9.17, 15) is 0 Å². The summed E-state index contributed by atoms with van der Waals surface area (Å²) in [6, 6.07) is 4.68. The molecule has 0 spiro atoms. The Hall–Kier alpha value is 0.280. The number of rotatable bonds is 5. The van der Waals surface area contributed by atoms with Crippen LogP contribution >= 0.6 is 54.5 Å². The molecule has 0 aromatic carbocycles. The minimum absolute atomic E-state index is 0.0963. The summed E-state index contributed by atoms with van der Waals surface area (Å²) in [6.07, 6.45) is 0. The molecule has 2 N–H and O–H groups in total. The van der Waals surface area contributed by atoms with Crippen molar-refractivity contribution in [3.63, 3.8) is 0 Å². The fourth-order valence-corrected chi connectivity index (χ4v) is 5.38. The minimum Gasteiger partial charge on any atom is -0.326 e. The van der Waals surface area contributed by atoms with Crippen molar-refractivity contribution in [2.45, 2.75) is 25.6 Å². The molecule has 0 amide bonds. The Labute approximate surface area is 138 Å². The first-order chi connectivity index (χ1) is 8.97. The van der Waals surface area contributed by atoms with Gasteiger partial charge in [-0.1, -0.05) is 0 Å². The molecule has 6 heteroatoms.